The lowest BCUT2D eigenvalue weighted by Crippen LogP contribution is -2.37. The van der Waals surface area contributed by atoms with Crippen molar-refractivity contribution >= 4 is 34.7 Å². The zero-order chi connectivity index (χ0) is 13.8. The van der Waals surface area contributed by atoms with E-state index in [2.05, 4.69) is 29.5 Å². The summed E-state index contributed by atoms with van der Waals surface area (Å²) in [4.78, 5) is 16.8. The maximum atomic E-state index is 12.2. The van der Waals surface area contributed by atoms with E-state index in [0.717, 1.165) is 48.1 Å². The second kappa shape index (κ2) is 7.96. The molecule has 0 aliphatic carbocycles. The van der Waals surface area contributed by atoms with Crippen LogP contribution in [-0.2, 0) is 11.2 Å². The monoisotopic (exact) mass is 317 g/mol. The first kappa shape index (κ1) is 17.4. The fraction of sp³-hybridized carbons (Fsp3) is 0.714. The molecule has 1 atom stereocenters. The quantitative estimate of drug-likeness (QED) is 0.897. The Morgan fingerprint density at radius 3 is 2.90 bits per heavy atom. The highest BCUT2D eigenvalue weighted by molar-refractivity contribution is 7.16. The van der Waals surface area contributed by atoms with Crippen LogP contribution in [0.15, 0.2) is 0 Å². The Morgan fingerprint density at radius 2 is 2.30 bits per heavy atom. The first-order valence-electron chi connectivity index (χ1n) is 7.04. The van der Waals surface area contributed by atoms with Crippen molar-refractivity contribution in [3.05, 3.63) is 10.7 Å². The van der Waals surface area contributed by atoms with E-state index in [4.69, 9.17) is 0 Å². The number of rotatable bonds is 4. The Labute approximate surface area is 131 Å². The standard InChI is InChI=1S/C14H23N3OS.ClH/c1-9(2)7-12-14(19-10(3)16-12)17-13(18)11-5-4-6-15-8-11;/h9,11,15H,4-8H2,1-3H3,(H,17,18);1H. The molecular weight excluding hydrogens is 294 g/mol. The van der Waals surface area contributed by atoms with E-state index >= 15 is 0 Å². The maximum absolute atomic E-state index is 12.2. The molecule has 1 amide bonds. The van der Waals surface area contributed by atoms with Crippen LogP contribution in [-0.4, -0.2) is 24.0 Å². The number of hydrogen-bond donors (Lipinski definition) is 2. The molecule has 1 aromatic rings. The summed E-state index contributed by atoms with van der Waals surface area (Å²) in [6, 6.07) is 0. The van der Waals surface area contributed by atoms with Crippen LogP contribution in [0.3, 0.4) is 0 Å². The third kappa shape index (κ3) is 4.72. The van der Waals surface area contributed by atoms with Crippen molar-refractivity contribution in [1.29, 1.82) is 0 Å². The molecule has 4 nitrogen and oxygen atoms in total. The predicted molar refractivity (Wildman–Crippen MR) is 86.9 cm³/mol. The topological polar surface area (TPSA) is 54.0 Å². The lowest BCUT2D eigenvalue weighted by molar-refractivity contribution is -0.120. The summed E-state index contributed by atoms with van der Waals surface area (Å²) in [6.45, 7) is 8.16. The van der Waals surface area contributed by atoms with E-state index < -0.39 is 0 Å². The van der Waals surface area contributed by atoms with Gasteiger partial charge in [0.25, 0.3) is 0 Å². The van der Waals surface area contributed by atoms with Crippen molar-refractivity contribution in [2.24, 2.45) is 11.8 Å². The summed E-state index contributed by atoms with van der Waals surface area (Å²) in [5, 5.41) is 8.33. The summed E-state index contributed by atoms with van der Waals surface area (Å²) < 4.78 is 0. The van der Waals surface area contributed by atoms with Gasteiger partial charge in [0.2, 0.25) is 5.91 Å². The Kier molecular flexibility index (Phi) is 6.92. The molecule has 1 unspecified atom stereocenters. The van der Waals surface area contributed by atoms with Gasteiger partial charge in [-0.3, -0.25) is 4.79 Å². The maximum Gasteiger partial charge on any atom is 0.229 e. The van der Waals surface area contributed by atoms with Crippen LogP contribution in [0.5, 0.6) is 0 Å². The molecule has 0 saturated carbocycles. The number of carbonyl (C=O) groups excluding carboxylic acids is 1. The first-order valence-corrected chi connectivity index (χ1v) is 7.85. The molecule has 0 radical (unpaired) electrons. The zero-order valence-electron chi connectivity index (χ0n) is 12.4. The lowest BCUT2D eigenvalue weighted by Gasteiger charge is -2.21. The van der Waals surface area contributed by atoms with E-state index in [1.165, 1.54) is 0 Å². The smallest absolute Gasteiger partial charge is 0.229 e. The predicted octanol–water partition coefficient (Wildman–Crippen LogP) is 3.01. The number of nitrogens with one attached hydrogen (secondary N) is 2. The minimum Gasteiger partial charge on any atom is -0.316 e. The third-order valence-corrected chi connectivity index (χ3v) is 4.24. The van der Waals surface area contributed by atoms with Crippen molar-refractivity contribution in [3.63, 3.8) is 0 Å². The van der Waals surface area contributed by atoms with Crippen molar-refractivity contribution in [2.45, 2.75) is 40.0 Å². The van der Waals surface area contributed by atoms with Crippen LogP contribution < -0.4 is 10.6 Å². The van der Waals surface area contributed by atoms with Crippen LogP contribution in [0, 0.1) is 18.8 Å². The fourth-order valence-corrected chi connectivity index (χ4v) is 3.23. The minimum atomic E-state index is 0. The molecule has 2 rings (SSSR count). The molecule has 2 heterocycles. The zero-order valence-corrected chi connectivity index (χ0v) is 14.0. The van der Waals surface area contributed by atoms with Crippen LogP contribution in [0.25, 0.3) is 0 Å². The van der Waals surface area contributed by atoms with Crippen LogP contribution in [0.2, 0.25) is 0 Å². The number of nitrogens with zero attached hydrogens (tertiary/aromatic N) is 1. The van der Waals surface area contributed by atoms with Gasteiger partial charge in [-0.15, -0.1) is 23.7 Å². The SMILES string of the molecule is Cc1nc(CC(C)C)c(NC(=O)C2CCCNC2)s1.Cl. The number of carbonyl (C=O) groups is 1. The molecule has 114 valence electrons. The number of aromatic nitrogens is 1. The second-order valence-corrected chi connectivity index (χ2v) is 6.84. The Morgan fingerprint density at radius 1 is 1.55 bits per heavy atom. The Bertz CT molecular complexity index is 442. The molecule has 0 spiro atoms. The van der Waals surface area contributed by atoms with Crippen molar-refractivity contribution in [2.75, 3.05) is 18.4 Å². The van der Waals surface area contributed by atoms with Gasteiger partial charge in [0.15, 0.2) is 0 Å². The molecule has 1 aromatic heterocycles. The van der Waals surface area contributed by atoms with Crippen molar-refractivity contribution < 1.29 is 4.79 Å². The van der Waals surface area contributed by atoms with Gasteiger partial charge in [0, 0.05) is 6.54 Å². The molecule has 20 heavy (non-hydrogen) atoms. The number of amides is 1. The van der Waals surface area contributed by atoms with Crippen molar-refractivity contribution in [3.8, 4) is 0 Å². The molecule has 0 aromatic carbocycles. The number of piperidine rings is 1. The van der Waals surface area contributed by atoms with E-state index in [1.54, 1.807) is 11.3 Å². The van der Waals surface area contributed by atoms with Crippen LogP contribution in [0.4, 0.5) is 5.00 Å². The number of halogens is 1. The summed E-state index contributed by atoms with van der Waals surface area (Å²) in [6.07, 6.45) is 2.98. The van der Waals surface area contributed by atoms with E-state index in [0.29, 0.717) is 5.92 Å². The number of aryl methyl sites for hydroxylation is 1. The average Bonchev–Trinajstić information content (AvgIpc) is 2.69. The Balaban J connectivity index is 0.00000200. The fourth-order valence-electron chi connectivity index (χ4n) is 2.38. The van der Waals surface area contributed by atoms with Crippen LogP contribution >= 0.6 is 23.7 Å². The normalized spacial score (nSPS) is 18.7. The summed E-state index contributed by atoms with van der Waals surface area (Å²) >= 11 is 1.59. The van der Waals surface area contributed by atoms with Gasteiger partial charge in [-0.25, -0.2) is 4.98 Å². The Hall–Kier alpha value is -0.650. The third-order valence-electron chi connectivity index (χ3n) is 3.31. The molecular formula is C14H24ClN3OS. The molecule has 1 fully saturated rings. The summed E-state index contributed by atoms with van der Waals surface area (Å²) in [5.74, 6) is 0.789. The van der Waals surface area contributed by atoms with Gasteiger partial charge in [-0.2, -0.15) is 0 Å². The van der Waals surface area contributed by atoms with Gasteiger partial charge in [0.05, 0.1) is 16.6 Å². The highest BCUT2D eigenvalue weighted by Gasteiger charge is 2.22. The molecule has 1 saturated heterocycles. The number of hydrogen-bond acceptors (Lipinski definition) is 4. The van der Waals surface area contributed by atoms with Crippen LogP contribution in [0.1, 0.15) is 37.4 Å². The summed E-state index contributed by atoms with van der Waals surface area (Å²) in [7, 11) is 0. The van der Waals surface area contributed by atoms with Crippen molar-refractivity contribution in [1.82, 2.24) is 10.3 Å². The molecule has 2 N–H and O–H groups in total. The highest BCUT2D eigenvalue weighted by Crippen LogP contribution is 2.27. The largest absolute Gasteiger partial charge is 0.316 e. The molecule has 6 heteroatoms. The molecule has 1 aliphatic heterocycles. The van der Waals surface area contributed by atoms with E-state index in [9.17, 15) is 4.79 Å². The van der Waals surface area contributed by atoms with E-state index in [-0.39, 0.29) is 24.2 Å². The van der Waals surface area contributed by atoms with Gasteiger partial charge < -0.3 is 10.6 Å². The van der Waals surface area contributed by atoms with E-state index in [1.807, 2.05) is 6.92 Å². The average molecular weight is 318 g/mol. The number of thiazole rings is 1. The second-order valence-electron chi connectivity index (χ2n) is 5.64. The lowest BCUT2D eigenvalue weighted by atomic mass is 9.99. The number of anilines is 1. The van der Waals surface area contributed by atoms with Gasteiger partial charge in [0.1, 0.15) is 5.00 Å². The van der Waals surface area contributed by atoms with Gasteiger partial charge in [-0.1, -0.05) is 13.8 Å². The van der Waals surface area contributed by atoms with Gasteiger partial charge in [-0.05, 0) is 38.6 Å². The summed E-state index contributed by atoms with van der Waals surface area (Å²) in [5.41, 5.74) is 1.04. The first-order chi connectivity index (χ1) is 9.06. The minimum absolute atomic E-state index is 0. The molecule has 1 aliphatic rings. The highest BCUT2D eigenvalue weighted by atomic mass is 35.5. The van der Waals surface area contributed by atoms with Gasteiger partial charge >= 0.3 is 0 Å². The molecule has 0 bridgehead atoms.